The van der Waals surface area contributed by atoms with E-state index in [0.717, 1.165) is 68.2 Å². The number of anilines is 2. The molecule has 56 heavy (non-hydrogen) atoms. The van der Waals surface area contributed by atoms with Crippen molar-refractivity contribution in [2.75, 3.05) is 49.1 Å². The summed E-state index contributed by atoms with van der Waals surface area (Å²) in [5.41, 5.74) is 1.02. The van der Waals surface area contributed by atoms with Crippen LogP contribution in [0.5, 0.6) is 5.75 Å². The molecule has 4 fully saturated rings. The van der Waals surface area contributed by atoms with Crippen molar-refractivity contribution in [1.82, 2.24) is 35.5 Å². The molecule has 0 bridgehead atoms. The Morgan fingerprint density at radius 1 is 1.00 bits per heavy atom. The van der Waals surface area contributed by atoms with Crippen LogP contribution in [-0.4, -0.2) is 99.8 Å². The van der Waals surface area contributed by atoms with Gasteiger partial charge in [-0.3, -0.25) is 24.5 Å². The van der Waals surface area contributed by atoms with E-state index >= 15 is 4.39 Å². The van der Waals surface area contributed by atoms with Crippen molar-refractivity contribution in [3.63, 3.8) is 0 Å². The summed E-state index contributed by atoms with van der Waals surface area (Å²) in [6.45, 7) is 3.25. The Kier molecular flexibility index (Phi) is 10.8. The molecular weight excluding hydrogens is 739 g/mol. The Hall–Kier alpha value is -5.33. The number of nitrogens with zero attached hydrogens (tertiary/aromatic N) is 8. The molecule has 292 valence electrons. The van der Waals surface area contributed by atoms with Gasteiger partial charge in [0, 0.05) is 76.0 Å². The number of hydrogen-bond donors (Lipinski definition) is 2. The fourth-order valence-corrected chi connectivity index (χ4v) is 8.66. The van der Waals surface area contributed by atoms with Gasteiger partial charge in [-0.15, -0.1) is 10.2 Å². The lowest BCUT2D eigenvalue weighted by Crippen LogP contribution is -2.50. The number of imide groups is 1. The van der Waals surface area contributed by atoms with Crippen molar-refractivity contribution in [1.29, 1.82) is 5.26 Å². The zero-order chi connectivity index (χ0) is 38.8. The zero-order valence-corrected chi connectivity index (χ0v) is 31.8. The molecule has 4 aromatic rings. The highest BCUT2D eigenvalue weighted by Crippen LogP contribution is 2.35. The minimum atomic E-state index is -1.31. The third-order valence-corrected chi connectivity index (χ3v) is 11.9. The van der Waals surface area contributed by atoms with Gasteiger partial charge in [-0.05, 0) is 74.9 Å². The quantitative estimate of drug-likeness (QED) is 0.220. The van der Waals surface area contributed by atoms with Crippen molar-refractivity contribution in [3.05, 3.63) is 71.0 Å². The number of urea groups is 1. The number of amides is 4. The van der Waals surface area contributed by atoms with Crippen LogP contribution in [-0.2, 0) is 4.79 Å². The van der Waals surface area contributed by atoms with Crippen molar-refractivity contribution < 1.29 is 23.5 Å². The molecule has 2 N–H and O–H groups in total. The summed E-state index contributed by atoms with van der Waals surface area (Å²) in [5.74, 6) is 0.725. The number of hydrogen-bond acceptors (Lipinski definition) is 10. The van der Waals surface area contributed by atoms with E-state index in [4.69, 9.17) is 26.7 Å². The summed E-state index contributed by atoms with van der Waals surface area (Å²) >= 11 is 6.14. The van der Waals surface area contributed by atoms with Gasteiger partial charge in [0.05, 0.1) is 40.1 Å². The molecule has 4 amide bonds. The summed E-state index contributed by atoms with van der Waals surface area (Å²) in [4.78, 5) is 43.0. The lowest BCUT2D eigenvalue weighted by molar-refractivity contribution is -0.120. The molecule has 0 unspecified atom stereocenters. The van der Waals surface area contributed by atoms with Gasteiger partial charge >= 0.3 is 6.03 Å². The number of carbonyl (C=O) groups excluding carboxylic acids is 3. The molecule has 16 heteroatoms. The van der Waals surface area contributed by atoms with E-state index < -0.39 is 11.7 Å². The predicted octanol–water partition coefficient (Wildman–Crippen LogP) is 5.56. The summed E-state index contributed by atoms with van der Waals surface area (Å²) in [7, 11) is 0. The van der Waals surface area contributed by atoms with E-state index in [1.54, 1.807) is 41.4 Å². The van der Waals surface area contributed by atoms with Gasteiger partial charge in [-0.2, -0.15) is 10.4 Å². The third-order valence-electron chi connectivity index (χ3n) is 11.6. The minimum absolute atomic E-state index is 0.00262. The van der Waals surface area contributed by atoms with Crippen LogP contribution in [0.2, 0.25) is 5.02 Å². The van der Waals surface area contributed by atoms with Crippen molar-refractivity contribution in [2.24, 2.45) is 0 Å². The fourth-order valence-electron chi connectivity index (χ4n) is 8.44. The van der Waals surface area contributed by atoms with Crippen LogP contribution in [0.1, 0.15) is 79.9 Å². The van der Waals surface area contributed by atoms with Crippen molar-refractivity contribution in [2.45, 2.75) is 81.6 Å². The Morgan fingerprint density at radius 2 is 1.79 bits per heavy atom. The Bertz CT molecular complexity index is 2130. The first-order valence-electron chi connectivity index (χ1n) is 19.4. The second-order valence-corrected chi connectivity index (χ2v) is 15.7. The minimum Gasteiger partial charge on any atom is -0.490 e. The Labute approximate surface area is 328 Å². The average molecular weight is 783 g/mol. The maximum absolute atomic E-state index is 16.2. The van der Waals surface area contributed by atoms with E-state index in [2.05, 4.69) is 25.7 Å². The first kappa shape index (κ1) is 37.6. The first-order chi connectivity index (χ1) is 27.1. The molecule has 5 heterocycles. The highest BCUT2D eigenvalue weighted by atomic mass is 35.5. The van der Waals surface area contributed by atoms with Gasteiger partial charge in [0.25, 0.3) is 5.91 Å². The molecule has 8 rings (SSSR count). The summed E-state index contributed by atoms with van der Waals surface area (Å²) < 4.78 is 24.3. The van der Waals surface area contributed by atoms with Crippen molar-refractivity contribution in [3.8, 4) is 11.8 Å². The van der Waals surface area contributed by atoms with Crippen LogP contribution in [0.25, 0.3) is 10.9 Å². The predicted molar refractivity (Wildman–Crippen MR) is 208 cm³/mol. The molecule has 3 aliphatic heterocycles. The smallest absolute Gasteiger partial charge is 0.328 e. The molecule has 1 aliphatic carbocycles. The number of benzene rings is 2. The number of ether oxygens (including phenoxy) is 1. The molecule has 14 nitrogen and oxygen atoms in total. The van der Waals surface area contributed by atoms with Gasteiger partial charge < -0.3 is 19.9 Å². The second-order valence-electron chi connectivity index (χ2n) is 15.3. The SMILES string of the molecule is N#Cc1ccc(OC2CCC(NC(=O)c3ccc(N4CCC(F)(CN5CCC(n6ncc7c(N8CCC(=O)NC8=O)cccc76)CC5)CC4)nn3)CC2)cc1Cl. The number of nitriles is 1. The standard InChI is InChI=1S/C40H44ClFN10O4/c41-32-22-30(7-4-26(32)23-43)56-29-8-5-27(6-9-29)45-38(54)33-10-11-36(48-47-33)50-20-15-40(42,16-21-50)25-49-17-12-28(13-18-49)52-35-3-1-2-34(31(35)24-44-52)51-19-14-37(53)46-39(51)55/h1-4,7,10-11,22,24,27-29H,5-6,8-9,12-21,25H2,(H,45,54)(H,46,53,55). The summed E-state index contributed by atoms with van der Waals surface area (Å²) in [6.07, 6.45) is 7.55. The normalized spacial score (nSPS) is 22.1. The largest absolute Gasteiger partial charge is 0.490 e. The van der Waals surface area contributed by atoms with Crippen LogP contribution >= 0.6 is 11.6 Å². The topological polar surface area (TPSA) is 162 Å². The Balaban J connectivity index is 0.777. The van der Waals surface area contributed by atoms with Gasteiger partial charge in [-0.1, -0.05) is 17.7 Å². The van der Waals surface area contributed by atoms with E-state index in [9.17, 15) is 14.4 Å². The highest BCUT2D eigenvalue weighted by Gasteiger charge is 2.38. The van der Waals surface area contributed by atoms with Crippen LogP contribution in [0.4, 0.5) is 20.7 Å². The number of halogens is 2. The molecule has 0 radical (unpaired) electrons. The number of piperidine rings is 2. The fraction of sp³-hybridized carbons (Fsp3) is 0.475. The van der Waals surface area contributed by atoms with Gasteiger partial charge in [-0.25, -0.2) is 9.18 Å². The molecular formula is C40H44ClFN10O4. The second kappa shape index (κ2) is 16.0. The zero-order valence-electron chi connectivity index (χ0n) is 31.0. The molecule has 1 saturated carbocycles. The van der Waals surface area contributed by atoms with Crippen LogP contribution in [0.15, 0.2) is 54.7 Å². The van der Waals surface area contributed by atoms with Crippen LogP contribution in [0, 0.1) is 11.3 Å². The van der Waals surface area contributed by atoms with Crippen LogP contribution in [0.3, 0.4) is 0 Å². The highest BCUT2D eigenvalue weighted by molar-refractivity contribution is 6.31. The molecule has 2 aromatic heterocycles. The molecule has 4 aliphatic rings. The van der Waals surface area contributed by atoms with E-state index in [1.807, 2.05) is 33.9 Å². The van der Waals surface area contributed by atoms with Crippen molar-refractivity contribution >= 4 is 51.9 Å². The Morgan fingerprint density at radius 3 is 2.48 bits per heavy atom. The third kappa shape index (κ3) is 8.13. The lowest BCUT2D eigenvalue weighted by atomic mass is 9.91. The van der Waals surface area contributed by atoms with Gasteiger partial charge in [0.2, 0.25) is 5.91 Å². The maximum Gasteiger partial charge on any atom is 0.328 e. The van der Waals surface area contributed by atoms with E-state index in [-0.39, 0.29) is 42.1 Å². The van der Waals surface area contributed by atoms with Gasteiger partial charge in [0.1, 0.15) is 17.5 Å². The summed E-state index contributed by atoms with van der Waals surface area (Å²) in [5, 5.41) is 29.1. The number of alkyl halides is 1. The monoisotopic (exact) mass is 782 g/mol. The number of nitrogens with one attached hydrogen (secondary N) is 2. The molecule has 2 aromatic carbocycles. The number of carbonyl (C=O) groups is 3. The van der Waals surface area contributed by atoms with Crippen LogP contribution < -0.4 is 25.2 Å². The number of aromatic nitrogens is 4. The lowest BCUT2D eigenvalue weighted by Gasteiger charge is -2.41. The summed E-state index contributed by atoms with van der Waals surface area (Å²) in [6, 6.07) is 16.1. The number of fused-ring (bicyclic) bond motifs is 1. The molecule has 0 atom stereocenters. The van der Waals surface area contributed by atoms with E-state index in [0.29, 0.717) is 61.2 Å². The molecule has 3 saturated heterocycles. The van der Waals surface area contributed by atoms with E-state index in [1.165, 1.54) is 0 Å². The van der Waals surface area contributed by atoms with Gasteiger partial charge in [0.15, 0.2) is 11.5 Å². The maximum atomic E-state index is 16.2. The first-order valence-corrected chi connectivity index (χ1v) is 19.8. The average Bonchev–Trinajstić information content (AvgIpc) is 3.64. The number of rotatable bonds is 9. The number of likely N-dealkylation sites (tertiary alicyclic amines) is 1. The molecule has 0 spiro atoms.